The Bertz CT molecular complexity index is 1400. The van der Waals surface area contributed by atoms with Gasteiger partial charge in [0.05, 0.1) is 0 Å². The summed E-state index contributed by atoms with van der Waals surface area (Å²) in [7, 11) is 0. The van der Waals surface area contributed by atoms with Crippen LogP contribution in [0.2, 0.25) is 0 Å². The molecule has 0 radical (unpaired) electrons. The molecule has 2 heterocycles. The lowest BCUT2D eigenvalue weighted by Crippen LogP contribution is -2.30. The minimum Gasteiger partial charge on any atom is -0.483 e. The normalized spacial score (nSPS) is 12.9. The van der Waals surface area contributed by atoms with Crippen LogP contribution in [0.4, 0.5) is 4.39 Å². The highest BCUT2D eigenvalue weighted by molar-refractivity contribution is 5.86. The fourth-order valence-electron chi connectivity index (χ4n) is 4.51. The molecule has 4 aromatic rings. The van der Waals surface area contributed by atoms with Gasteiger partial charge in [-0.15, -0.1) is 0 Å². The van der Waals surface area contributed by atoms with Crippen LogP contribution in [0.1, 0.15) is 28.7 Å². The van der Waals surface area contributed by atoms with E-state index in [1.165, 1.54) is 12.1 Å². The largest absolute Gasteiger partial charge is 0.483 e. The van der Waals surface area contributed by atoms with Crippen LogP contribution in [0.25, 0.3) is 21.9 Å². The van der Waals surface area contributed by atoms with Gasteiger partial charge >= 0.3 is 5.63 Å². The summed E-state index contributed by atoms with van der Waals surface area (Å²) in [6, 6.07) is 8.32. The van der Waals surface area contributed by atoms with Crippen molar-refractivity contribution >= 4 is 27.8 Å². The van der Waals surface area contributed by atoms with Crippen LogP contribution in [0.15, 0.2) is 45.7 Å². The van der Waals surface area contributed by atoms with Gasteiger partial charge in [0, 0.05) is 40.2 Å². The van der Waals surface area contributed by atoms with Crippen molar-refractivity contribution < 1.29 is 18.3 Å². The van der Waals surface area contributed by atoms with Crippen molar-refractivity contribution in [1.82, 2.24) is 10.3 Å². The predicted octanol–water partition coefficient (Wildman–Crippen LogP) is 3.95. The monoisotopic (exact) mass is 434 g/mol. The average Bonchev–Trinajstić information content (AvgIpc) is 3.42. The SMILES string of the molecule is Cc1c(OCC(=O)NCCc2c[nH]c3ccc(F)cc23)ccc2c3c(c(=O)oc12)CCC3. The zero-order chi connectivity index (χ0) is 22.2. The zero-order valence-electron chi connectivity index (χ0n) is 17.7. The molecule has 1 amide bonds. The summed E-state index contributed by atoms with van der Waals surface area (Å²) in [5.74, 6) is -0.0332. The number of H-pyrrole nitrogens is 1. The standard InChI is InChI=1S/C25H23FN2O4/c1-14-22(8-6-18-17-3-2-4-19(17)25(30)32-24(14)18)31-13-23(29)27-10-9-15-12-28-21-7-5-16(26)11-20(15)21/h5-8,11-12,28H,2-4,9-10,13H2,1H3,(H,27,29). The molecule has 0 spiro atoms. The Kier molecular flexibility index (Phi) is 5.17. The van der Waals surface area contributed by atoms with Gasteiger partial charge < -0.3 is 19.5 Å². The summed E-state index contributed by atoms with van der Waals surface area (Å²) >= 11 is 0. The Morgan fingerprint density at radius 3 is 2.91 bits per heavy atom. The van der Waals surface area contributed by atoms with Crippen LogP contribution in [-0.2, 0) is 24.1 Å². The van der Waals surface area contributed by atoms with E-state index in [0.717, 1.165) is 52.2 Å². The zero-order valence-corrected chi connectivity index (χ0v) is 17.7. The van der Waals surface area contributed by atoms with Gasteiger partial charge in [0.1, 0.15) is 17.1 Å². The minimum absolute atomic E-state index is 0.149. The molecule has 164 valence electrons. The van der Waals surface area contributed by atoms with Crippen molar-refractivity contribution in [3.63, 3.8) is 0 Å². The van der Waals surface area contributed by atoms with Gasteiger partial charge in [-0.05, 0) is 74.1 Å². The third-order valence-corrected chi connectivity index (χ3v) is 6.15. The molecule has 1 aliphatic rings. The van der Waals surface area contributed by atoms with Gasteiger partial charge in [-0.1, -0.05) is 0 Å². The molecular formula is C25H23FN2O4. The number of amides is 1. The second-order valence-corrected chi connectivity index (χ2v) is 8.16. The van der Waals surface area contributed by atoms with Crippen molar-refractivity contribution in [2.24, 2.45) is 0 Å². The van der Waals surface area contributed by atoms with Crippen molar-refractivity contribution in [3.05, 3.63) is 75.0 Å². The van der Waals surface area contributed by atoms with E-state index >= 15 is 0 Å². The molecule has 2 aromatic carbocycles. The lowest BCUT2D eigenvalue weighted by molar-refractivity contribution is -0.123. The molecule has 6 nitrogen and oxygen atoms in total. The maximum Gasteiger partial charge on any atom is 0.339 e. The van der Waals surface area contributed by atoms with E-state index in [2.05, 4.69) is 10.3 Å². The first-order valence-corrected chi connectivity index (χ1v) is 10.7. The molecule has 0 saturated carbocycles. The first-order chi connectivity index (χ1) is 15.5. The van der Waals surface area contributed by atoms with E-state index in [4.69, 9.17) is 9.15 Å². The molecule has 7 heteroatoms. The van der Waals surface area contributed by atoms with E-state index in [0.29, 0.717) is 29.9 Å². The maximum absolute atomic E-state index is 13.5. The molecule has 0 fully saturated rings. The van der Waals surface area contributed by atoms with E-state index in [1.54, 1.807) is 6.07 Å². The highest BCUT2D eigenvalue weighted by atomic mass is 19.1. The number of benzene rings is 2. The van der Waals surface area contributed by atoms with Gasteiger partial charge in [0.2, 0.25) is 0 Å². The van der Waals surface area contributed by atoms with Crippen LogP contribution in [-0.4, -0.2) is 24.0 Å². The summed E-state index contributed by atoms with van der Waals surface area (Å²) in [5.41, 5.74) is 4.61. The molecule has 32 heavy (non-hydrogen) atoms. The smallest absolute Gasteiger partial charge is 0.339 e. The average molecular weight is 434 g/mol. The number of aromatic amines is 1. The molecule has 0 unspecified atom stereocenters. The Labute approximate surface area is 183 Å². The number of rotatable bonds is 6. The Morgan fingerprint density at radius 1 is 1.19 bits per heavy atom. The van der Waals surface area contributed by atoms with E-state index in [9.17, 15) is 14.0 Å². The van der Waals surface area contributed by atoms with Gasteiger partial charge in [0.15, 0.2) is 6.61 Å². The molecule has 5 rings (SSSR count). The van der Waals surface area contributed by atoms with Gasteiger partial charge in [-0.25, -0.2) is 9.18 Å². The van der Waals surface area contributed by atoms with Crippen LogP contribution in [0.5, 0.6) is 5.75 Å². The number of nitrogens with one attached hydrogen (secondary N) is 2. The fraction of sp³-hybridized carbons (Fsp3) is 0.280. The Balaban J connectivity index is 1.22. The van der Waals surface area contributed by atoms with Crippen LogP contribution in [0.3, 0.4) is 0 Å². The maximum atomic E-state index is 13.5. The Hall–Kier alpha value is -3.61. The topological polar surface area (TPSA) is 84.3 Å². The lowest BCUT2D eigenvalue weighted by Gasteiger charge is -2.12. The Morgan fingerprint density at radius 2 is 2.03 bits per heavy atom. The van der Waals surface area contributed by atoms with Crippen LogP contribution in [0, 0.1) is 12.7 Å². The second kappa shape index (κ2) is 8.15. The number of aromatic nitrogens is 1. The molecule has 1 aliphatic carbocycles. The third-order valence-electron chi connectivity index (χ3n) is 6.15. The summed E-state index contributed by atoms with van der Waals surface area (Å²) in [5, 5.41) is 4.59. The van der Waals surface area contributed by atoms with Crippen molar-refractivity contribution in [2.75, 3.05) is 13.2 Å². The molecule has 0 aliphatic heterocycles. The van der Waals surface area contributed by atoms with E-state index in [1.807, 2.05) is 25.3 Å². The van der Waals surface area contributed by atoms with Gasteiger partial charge in [-0.2, -0.15) is 0 Å². The summed E-state index contributed by atoms with van der Waals surface area (Å²) in [6.45, 7) is 2.09. The predicted molar refractivity (Wildman–Crippen MR) is 120 cm³/mol. The summed E-state index contributed by atoms with van der Waals surface area (Å²) < 4.78 is 24.8. The number of halogens is 1. The highest BCUT2D eigenvalue weighted by Crippen LogP contribution is 2.33. The number of hydrogen-bond acceptors (Lipinski definition) is 4. The number of aryl methyl sites for hydroxylation is 2. The molecule has 2 aromatic heterocycles. The highest BCUT2D eigenvalue weighted by Gasteiger charge is 2.21. The first kappa shape index (κ1) is 20.3. The van der Waals surface area contributed by atoms with Crippen LogP contribution >= 0.6 is 0 Å². The summed E-state index contributed by atoms with van der Waals surface area (Å²) in [4.78, 5) is 27.6. The van der Waals surface area contributed by atoms with Crippen molar-refractivity contribution in [3.8, 4) is 5.75 Å². The number of fused-ring (bicyclic) bond motifs is 4. The lowest BCUT2D eigenvalue weighted by atomic mass is 10.0. The number of carbonyl (C=O) groups is 1. The molecule has 0 atom stereocenters. The van der Waals surface area contributed by atoms with E-state index in [-0.39, 0.29) is 24.0 Å². The molecule has 2 N–H and O–H groups in total. The van der Waals surface area contributed by atoms with Gasteiger partial charge in [-0.3, -0.25) is 4.79 Å². The van der Waals surface area contributed by atoms with Crippen molar-refractivity contribution in [2.45, 2.75) is 32.6 Å². The fourth-order valence-corrected chi connectivity index (χ4v) is 4.51. The molecule has 0 bridgehead atoms. The van der Waals surface area contributed by atoms with Crippen LogP contribution < -0.4 is 15.7 Å². The van der Waals surface area contributed by atoms with Crippen molar-refractivity contribution in [1.29, 1.82) is 0 Å². The van der Waals surface area contributed by atoms with Gasteiger partial charge in [0.25, 0.3) is 5.91 Å². The quantitative estimate of drug-likeness (QED) is 0.450. The number of hydrogen-bond donors (Lipinski definition) is 2. The minimum atomic E-state index is -0.290. The number of ether oxygens (including phenoxy) is 1. The van der Waals surface area contributed by atoms with E-state index < -0.39 is 0 Å². The third kappa shape index (κ3) is 3.64. The number of carbonyl (C=O) groups excluding carboxylic acids is 1. The first-order valence-electron chi connectivity index (χ1n) is 10.7. The summed E-state index contributed by atoms with van der Waals surface area (Å²) in [6.07, 6.45) is 5.00. The second-order valence-electron chi connectivity index (χ2n) is 8.16. The molecule has 0 saturated heterocycles. The molecular weight excluding hydrogens is 411 g/mol.